The summed E-state index contributed by atoms with van der Waals surface area (Å²) in [7, 11) is 1.52. The Morgan fingerprint density at radius 2 is 1.49 bits per heavy atom. The van der Waals surface area contributed by atoms with Crippen LogP contribution < -0.4 is 14.8 Å². The number of halogens is 1. The van der Waals surface area contributed by atoms with Gasteiger partial charge in [0.2, 0.25) is 0 Å². The largest absolute Gasteiger partial charge is 0.497 e. The van der Waals surface area contributed by atoms with Crippen molar-refractivity contribution < 1.29 is 37.2 Å². The molecule has 63 heavy (non-hydrogen) atoms. The first-order valence-electron chi connectivity index (χ1n) is 20.8. The summed E-state index contributed by atoms with van der Waals surface area (Å²) >= 11 is 0. The van der Waals surface area contributed by atoms with Crippen molar-refractivity contribution in [3.8, 4) is 17.6 Å². The second-order valence-electron chi connectivity index (χ2n) is 15.5. The molecule has 4 aromatic carbocycles. The molecule has 2 aromatic heterocycles. The van der Waals surface area contributed by atoms with Crippen LogP contribution in [0.15, 0.2) is 122 Å². The average molecular weight is 875 g/mol. The molecule has 0 radical (unpaired) electrons. The fraction of sp³-hybridized carbons (Fsp3) is 0.333. The van der Waals surface area contributed by atoms with Gasteiger partial charge < -0.3 is 37.9 Å². The van der Waals surface area contributed by atoms with E-state index in [0.717, 1.165) is 16.7 Å². The van der Waals surface area contributed by atoms with Crippen molar-refractivity contribution in [2.24, 2.45) is 0 Å². The number of aromatic nitrogens is 3. The Balaban J connectivity index is 1.30. The number of carbonyl (C=O) groups is 1. The third kappa shape index (κ3) is 9.90. The van der Waals surface area contributed by atoms with E-state index in [2.05, 4.69) is 53.7 Å². The lowest BCUT2D eigenvalue weighted by atomic mass is 9.80. The Bertz CT molecular complexity index is 2410. The molecule has 13 nitrogen and oxygen atoms in total. The van der Waals surface area contributed by atoms with Gasteiger partial charge in [-0.25, -0.2) is 19.0 Å². The summed E-state index contributed by atoms with van der Waals surface area (Å²) in [6, 6.07) is 36.3. The molecule has 328 valence electrons. The Kier molecular flexibility index (Phi) is 14.8. The number of carbonyl (C=O) groups excluding carboxylic acids is 1. The van der Waals surface area contributed by atoms with Crippen LogP contribution in [0.3, 0.4) is 0 Å². The second-order valence-corrected chi connectivity index (χ2v) is 16.9. The molecule has 6 aromatic rings. The Morgan fingerprint density at radius 1 is 0.905 bits per heavy atom. The van der Waals surface area contributed by atoms with Crippen LogP contribution in [0.1, 0.15) is 73.8 Å². The number of amides is 1. The summed E-state index contributed by atoms with van der Waals surface area (Å²) in [5, 5.41) is 12.2. The fourth-order valence-electron chi connectivity index (χ4n) is 7.95. The second kappa shape index (κ2) is 20.6. The number of rotatable bonds is 19. The van der Waals surface area contributed by atoms with Crippen LogP contribution in [0, 0.1) is 17.1 Å². The van der Waals surface area contributed by atoms with Gasteiger partial charge in [0.1, 0.15) is 41.6 Å². The van der Waals surface area contributed by atoms with Crippen LogP contribution in [-0.2, 0) is 24.1 Å². The van der Waals surface area contributed by atoms with Gasteiger partial charge in [0.05, 0.1) is 51.4 Å². The minimum Gasteiger partial charge on any atom is -0.497 e. The minimum absolute atomic E-state index is 0.00783. The summed E-state index contributed by atoms with van der Waals surface area (Å²) < 4.78 is 58.7. The molecule has 1 aliphatic heterocycles. The number of nitrogens with one attached hydrogen (secondary N) is 1. The van der Waals surface area contributed by atoms with Crippen molar-refractivity contribution >= 4 is 31.3 Å². The normalized spacial score (nSPS) is 17.0. The molecule has 0 bridgehead atoms. The number of hydrogen-bond donors (Lipinski definition) is 1. The van der Waals surface area contributed by atoms with E-state index in [0.29, 0.717) is 17.1 Å². The average Bonchev–Trinajstić information content (AvgIpc) is 3.87. The molecule has 1 aliphatic rings. The zero-order valence-corrected chi connectivity index (χ0v) is 37.1. The highest BCUT2D eigenvalue weighted by Crippen LogP contribution is 2.51. The fourth-order valence-corrected chi connectivity index (χ4v) is 9.71. The third-order valence-corrected chi connectivity index (χ3v) is 13.0. The molecule has 1 amide bonds. The molecule has 4 atom stereocenters. The first-order valence-corrected chi connectivity index (χ1v) is 22.0. The molecule has 3 heterocycles. The lowest BCUT2D eigenvalue weighted by molar-refractivity contribution is -0.0911. The van der Waals surface area contributed by atoms with E-state index in [9.17, 15) is 10.1 Å². The monoisotopic (exact) mass is 874 g/mol. The molecule has 0 aliphatic carbocycles. The molecule has 1 saturated heterocycles. The Morgan fingerprint density at radius 3 is 2.06 bits per heavy atom. The number of hydrogen-bond acceptors (Lipinski definition) is 11. The van der Waals surface area contributed by atoms with Crippen molar-refractivity contribution in [1.82, 2.24) is 19.2 Å². The number of methoxy groups -OCH3 is 2. The molecule has 0 spiro atoms. The maximum atomic E-state index is 16.2. The first-order chi connectivity index (χ1) is 30.6. The molecule has 0 saturated carbocycles. The molecular weight excluding hydrogens is 823 g/mol. The zero-order chi connectivity index (χ0) is 44.5. The lowest BCUT2D eigenvalue weighted by Gasteiger charge is -2.39. The summed E-state index contributed by atoms with van der Waals surface area (Å²) in [6.07, 6.45) is 0.851. The third-order valence-electron chi connectivity index (χ3n) is 10.8. The van der Waals surface area contributed by atoms with E-state index in [1.165, 1.54) is 12.5 Å². The van der Waals surface area contributed by atoms with Crippen molar-refractivity contribution in [3.63, 3.8) is 0 Å². The van der Waals surface area contributed by atoms with Crippen molar-refractivity contribution in [3.05, 3.63) is 150 Å². The quantitative estimate of drug-likeness (QED) is 0.0472. The topological polar surface area (TPSA) is 142 Å². The highest BCUT2D eigenvalue weighted by atomic mass is 31.2. The maximum absolute atomic E-state index is 16.2. The Hall–Kier alpha value is -5.78. The van der Waals surface area contributed by atoms with Gasteiger partial charge in [0.15, 0.2) is 11.5 Å². The number of nitrogens with zero attached hydrogens (tertiary/aromatic N) is 5. The number of fused-ring (bicyclic) bond motifs is 1. The Labute approximate surface area is 368 Å². The standard InChI is InChI=1S/C48H52FN6O7P/c1-32(2)55(33(3)4)63(60-27-13-26-50)62-41-28-43(54-29-40(49)44-45(51-31-52-46(44)54)53-47(56)34-14-9-7-10-15-34)61-42(41)30-59-48(35-16-11-8-12-17-35,36-18-22-38(57-5)23-19-36)37-20-24-39(58-6)25-21-37/h7-12,14-25,29,31-33,41-43H,13,27-28,30H2,1-6H3,(H,51,52,53,56)/t41-,42+,43-,63?/m0/s1. The smallest absolute Gasteiger partial charge is 0.259 e. The van der Waals surface area contributed by atoms with Gasteiger partial charge in [-0.05, 0) is 80.8 Å². The van der Waals surface area contributed by atoms with Gasteiger partial charge in [0, 0.05) is 30.3 Å². The van der Waals surface area contributed by atoms with E-state index in [1.807, 2.05) is 78.9 Å². The molecular formula is C48H52FN6O7P. The highest BCUT2D eigenvalue weighted by Gasteiger charge is 2.45. The van der Waals surface area contributed by atoms with Gasteiger partial charge in [-0.15, -0.1) is 0 Å². The van der Waals surface area contributed by atoms with Crippen LogP contribution in [-0.4, -0.2) is 76.8 Å². The SMILES string of the molecule is COc1ccc(C(OC[C@H]2O[C@H](n3cc(F)c4c(NC(=O)c5ccccc5)ncnc43)C[C@@H]2OP(OCCC#N)N(C(C)C)C(C)C)(c2ccccc2)c2ccc(OC)cc2)cc1. The van der Waals surface area contributed by atoms with E-state index < -0.39 is 44.3 Å². The first kappa shape index (κ1) is 45.3. The van der Waals surface area contributed by atoms with Crippen LogP contribution in [0.4, 0.5) is 10.2 Å². The molecule has 1 unspecified atom stereocenters. The summed E-state index contributed by atoms with van der Waals surface area (Å²) in [5.74, 6) is 0.332. The van der Waals surface area contributed by atoms with Crippen LogP contribution >= 0.6 is 8.53 Å². The van der Waals surface area contributed by atoms with Crippen molar-refractivity contribution in [1.29, 1.82) is 5.26 Å². The van der Waals surface area contributed by atoms with Gasteiger partial charge in [-0.1, -0.05) is 72.8 Å². The van der Waals surface area contributed by atoms with Gasteiger partial charge in [-0.3, -0.25) is 4.79 Å². The molecule has 1 N–H and O–H groups in total. The van der Waals surface area contributed by atoms with Gasteiger partial charge in [-0.2, -0.15) is 5.26 Å². The predicted molar refractivity (Wildman–Crippen MR) is 239 cm³/mol. The highest BCUT2D eigenvalue weighted by molar-refractivity contribution is 7.44. The molecule has 15 heteroatoms. The van der Waals surface area contributed by atoms with Crippen molar-refractivity contribution in [2.45, 2.75) is 76.7 Å². The molecule has 1 fully saturated rings. The van der Waals surface area contributed by atoms with Gasteiger partial charge in [0.25, 0.3) is 14.4 Å². The minimum atomic E-state index is -1.73. The zero-order valence-electron chi connectivity index (χ0n) is 36.2. The number of anilines is 1. The van der Waals surface area contributed by atoms with Crippen molar-refractivity contribution in [2.75, 3.05) is 32.8 Å². The number of nitriles is 1. The van der Waals surface area contributed by atoms with Crippen LogP contribution in [0.2, 0.25) is 0 Å². The van der Waals surface area contributed by atoms with E-state index in [-0.39, 0.29) is 55.0 Å². The van der Waals surface area contributed by atoms with E-state index in [1.54, 1.807) is 49.1 Å². The van der Waals surface area contributed by atoms with E-state index >= 15 is 4.39 Å². The van der Waals surface area contributed by atoms with E-state index in [4.69, 9.17) is 28.0 Å². The summed E-state index contributed by atoms with van der Waals surface area (Å²) in [4.78, 5) is 21.9. The number of ether oxygens (including phenoxy) is 4. The van der Waals surface area contributed by atoms with Crippen LogP contribution in [0.5, 0.6) is 11.5 Å². The lowest BCUT2D eigenvalue weighted by Crippen LogP contribution is -2.39. The summed E-state index contributed by atoms with van der Waals surface area (Å²) in [5.41, 5.74) is 1.98. The molecule has 7 rings (SSSR count). The van der Waals surface area contributed by atoms with Crippen LogP contribution in [0.25, 0.3) is 11.0 Å². The summed E-state index contributed by atoms with van der Waals surface area (Å²) in [6.45, 7) is 8.46. The van der Waals surface area contributed by atoms with Gasteiger partial charge >= 0.3 is 0 Å². The predicted octanol–water partition coefficient (Wildman–Crippen LogP) is 9.80. The maximum Gasteiger partial charge on any atom is 0.259 e. The number of benzene rings is 4.